The van der Waals surface area contributed by atoms with Crippen LogP contribution in [0.15, 0.2) is 36.2 Å². The molecule has 1 aliphatic rings. The van der Waals surface area contributed by atoms with E-state index in [1.165, 1.54) is 31.3 Å². The molecule has 1 aromatic rings. The topological polar surface area (TPSA) is 54.5 Å². The number of carbonyl (C=O) groups is 1. The number of nitrogens with one attached hydrogen (secondary N) is 1. The van der Waals surface area contributed by atoms with E-state index >= 15 is 0 Å². The number of carbonyl (C=O) groups excluding carboxylic acids is 1. The van der Waals surface area contributed by atoms with Crippen molar-refractivity contribution in [3.63, 3.8) is 0 Å². The number of nitrogens with zero attached hydrogens (tertiary/aromatic N) is 2. The monoisotopic (exact) mass is 317 g/mol. The molecule has 1 N–H and O–H groups in total. The van der Waals surface area contributed by atoms with Gasteiger partial charge in [-0.15, -0.1) is 0 Å². The maximum Gasteiger partial charge on any atom is 0.317 e. The van der Waals surface area contributed by atoms with E-state index in [1.807, 2.05) is 12.1 Å². The summed E-state index contributed by atoms with van der Waals surface area (Å²) < 4.78 is 5.11. The molecule has 2 rings (SSSR count). The molecule has 5 heteroatoms. The Hall–Kier alpha value is -1.88. The maximum atomic E-state index is 12.4. The Labute approximate surface area is 138 Å². The molecule has 5 nitrogen and oxygen atoms in total. The van der Waals surface area contributed by atoms with Crippen molar-refractivity contribution in [1.82, 2.24) is 15.2 Å². The minimum absolute atomic E-state index is 0.0395. The number of allylic oxidation sites excluding steroid dienone is 1. The SMILES string of the molecule is COCCN(Cc1cccnc1)C(=O)NCCC1=CCCCC1. The third kappa shape index (κ3) is 6.40. The van der Waals surface area contributed by atoms with Gasteiger partial charge in [0.2, 0.25) is 0 Å². The van der Waals surface area contributed by atoms with Gasteiger partial charge in [0.1, 0.15) is 0 Å². The van der Waals surface area contributed by atoms with Crippen molar-refractivity contribution in [1.29, 1.82) is 0 Å². The predicted octanol–water partition coefficient (Wildman–Crippen LogP) is 3.13. The molecule has 0 saturated carbocycles. The van der Waals surface area contributed by atoms with Crippen LogP contribution in [0.4, 0.5) is 4.79 Å². The third-order valence-electron chi connectivity index (χ3n) is 4.06. The summed E-state index contributed by atoms with van der Waals surface area (Å²) in [6.45, 7) is 2.34. The molecule has 23 heavy (non-hydrogen) atoms. The lowest BCUT2D eigenvalue weighted by molar-refractivity contribution is 0.146. The Kier molecular flexibility index (Phi) is 7.60. The van der Waals surface area contributed by atoms with E-state index in [1.54, 1.807) is 24.4 Å². The van der Waals surface area contributed by atoms with Gasteiger partial charge in [0.15, 0.2) is 0 Å². The lowest BCUT2D eigenvalue weighted by atomic mass is 9.97. The van der Waals surface area contributed by atoms with Crippen LogP contribution in [0.25, 0.3) is 0 Å². The van der Waals surface area contributed by atoms with Crippen molar-refractivity contribution in [3.05, 3.63) is 41.7 Å². The molecular formula is C18H27N3O2. The van der Waals surface area contributed by atoms with Crippen molar-refractivity contribution in [2.24, 2.45) is 0 Å². The van der Waals surface area contributed by atoms with E-state index in [4.69, 9.17) is 4.74 Å². The fourth-order valence-electron chi connectivity index (χ4n) is 2.74. The summed E-state index contributed by atoms with van der Waals surface area (Å²) in [7, 11) is 1.65. The fraction of sp³-hybridized carbons (Fsp3) is 0.556. The Morgan fingerprint density at radius 2 is 2.35 bits per heavy atom. The van der Waals surface area contributed by atoms with Gasteiger partial charge in [0.25, 0.3) is 0 Å². The Balaban J connectivity index is 1.81. The molecule has 0 atom stereocenters. The minimum Gasteiger partial charge on any atom is -0.383 e. The molecule has 0 saturated heterocycles. The first-order valence-corrected chi connectivity index (χ1v) is 8.38. The summed E-state index contributed by atoms with van der Waals surface area (Å²) in [5.41, 5.74) is 2.50. The summed E-state index contributed by atoms with van der Waals surface area (Å²) in [5.74, 6) is 0. The van der Waals surface area contributed by atoms with E-state index in [9.17, 15) is 4.79 Å². The zero-order chi connectivity index (χ0) is 16.3. The third-order valence-corrected chi connectivity index (χ3v) is 4.06. The molecule has 0 radical (unpaired) electrons. The van der Waals surface area contributed by atoms with Gasteiger partial charge in [0, 0.05) is 39.1 Å². The highest BCUT2D eigenvalue weighted by Crippen LogP contribution is 2.19. The molecule has 126 valence electrons. The highest BCUT2D eigenvalue weighted by Gasteiger charge is 2.14. The molecule has 0 spiro atoms. The van der Waals surface area contributed by atoms with Gasteiger partial charge in [-0.25, -0.2) is 4.79 Å². The van der Waals surface area contributed by atoms with Crippen LogP contribution in [-0.2, 0) is 11.3 Å². The number of hydrogen-bond acceptors (Lipinski definition) is 3. The number of amides is 2. The second-order valence-electron chi connectivity index (χ2n) is 5.87. The average molecular weight is 317 g/mol. The van der Waals surface area contributed by atoms with Crippen LogP contribution in [0.1, 0.15) is 37.7 Å². The van der Waals surface area contributed by atoms with Gasteiger partial charge < -0.3 is 15.0 Å². The van der Waals surface area contributed by atoms with Crippen LogP contribution >= 0.6 is 0 Å². The molecule has 0 fully saturated rings. The molecule has 0 aromatic carbocycles. The van der Waals surface area contributed by atoms with Crippen molar-refractivity contribution in [2.45, 2.75) is 38.6 Å². The standard InChI is InChI=1S/C18H27N3O2/c1-23-13-12-21(15-17-8-5-10-19-14-17)18(22)20-11-9-16-6-3-2-4-7-16/h5-6,8,10,14H,2-4,7,9,11-13,15H2,1H3,(H,20,22). The van der Waals surface area contributed by atoms with Gasteiger partial charge in [-0.3, -0.25) is 4.98 Å². The lowest BCUT2D eigenvalue weighted by Gasteiger charge is -2.23. The average Bonchev–Trinajstić information content (AvgIpc) is 2.60. The largest absolute Gasteiger partial charge is 0.383 e. The highest BCUT2D eigenvalue weighted by atomic mass is 16.5. The number of methoxy groups -OCH3 is 1. The van der Waals surface area contributed by atoms with Gasteiger partial charge in [0.05, 0.1) is 6.61 Å². The first kappa shape index (κ1) is 17.5. The van der Waals surface area contributed by atoms with E-state index in [0.717, 1.165) is 12.0 Å². The second kappa shape index (κ2) is 10.0. The van der Waals surface area contributed by atoms with Crippen molar-refractivity contribution >= 4 is 6.03 Å². The van der Waals surface area contributed by atoms with Crippen molar-refractivity contribution in [2.75, 3.05) is 26.8 Å². The van der Waals surface area contributed by atoms with Crippen LogP contribution in [0.2, 0.25) is 0 Å². The quantitative estimate of drug-likeness (QED) is 0.750. The number of aromatic nitrogens is 1. The van der Waals surface area contributed by atoms with Crippen LogP contribution in [-0.4, -0.2) is 42.7 Å². The Bertz CT molecular complexity index is 502. The van der Waals surface area contributed by atoms with Gasteiger partial charge in [-0.1, -0.05) is 17.7 Å². The highest BCUT2D eigenvalue weighted by molar-refractivity contribution is 5.74. The van der Waals surface area contributed by atoms with E-state index in [0.29, 0.717) is 26.2 Å². The fourth-order valence-corrected chi connectivity index (χ4v) is 2.74. The molecule has 1 aliphatic carbocycles. The predicted molar refractivity (Wildman–Crippen MR) is 91.1 cm³/mol. The number of pyridine rings is 1. The molecule has 0 aliphatic heterocycles. The van der Waals surface area contributed by atoms with Crippen molar-refractivity contribution in [3.8, 4) is 0 Å². The number of ether oxygens (including phenoxy) is 1. The van der Waals surface area contributed by atoms with Crippen LogP contribution in [0, 0.1) is 0 Å². The van der Waals surface area contributed by atoms with Crippen LogP contribution in [0.5, 0.6) is 0 Å². The molecular weight excluding hydrogens is 290 g/mol. The Morgan fingerprint density at radius 1 is 1.43 bits per heavy atom. The zero-order valence-corrected chi connectivity index (χ0v) is 14.0. The van der Waals surface area contributed by atoms with Gasteiger partial charge in [-0.2, -0.15) is 0 Å². The number of urea groups is 1. The normalized spacial score (nSPS) is 14.2. The summed E-state index contributed by atoms with van der Waals surface area (Å²) in [4.78, 5) is 18.3. The molecule has 0 unspecified atom stereocenters. The summed E-state index contributed by atoms with van der Waals surface area (Å²) in [6, 6.07) is 3.83. The molecule has 2 amide bonds. The number of rotatable bonds is 8. The summed E-state index contributed by atoms with van der Waals surface area (Å²) in [5, 5.41) is 3.03. The van der Waals surface area contributed by atoms with E-state index < -0.39 is 0 Å². The zero-order valence-electron chi connectivity index (χ0n) is 14.0. The second-order valence-corrected chi connectivity index (χ2v) is 5.87. The van der Waals surface area contributed by atoms with Gasteiger partial charge >= 0.3 is 6.03 Å². The smallest absolute Gasteiger partial charge is 0.317 e. The van der Waals surface area contributed by atoms with Crippen LogP contribution in [0.3, 0.4) is 0 Å². The first-order valence-electron chi connectivity index (χ1n) is 8.38. The molecule has 1 heterocycles. The first-order chi connectivity index (χ1) is 11.3. The van der Waals surface area contributed by atoms with Crippen molar-refractivity contribution < 1.29 is 9.53 Å². The summed E-state index contributed by atoms with van der Waals surface area (Å²) in [6.07, 6.45) is 11.8. The molecule has 1 aromatic heterocycles. The molecule has 0 bridgehead atoms. The lowest BCUT2D eigenvalue weighted by Crippen LogP contribution is -2.41. The van der Waals surface area contributed by atoms with Crippen LogP contribution < -0.4 is 5.32 Å². The Morgan fingerprint density at radius 3 is 3.04 bits per heavy atom. The van der Waals surface area contributed by atoms with Gasteiger partial charge in [-0.05, 0) is 43.7 Å². The summed E-state index contributed by atoms with van der Waals surface area (Å²) >= 11 is 0. The minimum atomic E-state index is -0.0395. The maximum absolute atomic E-state index is 12.4. The van der Waals surface area contributed by atoms with E-state index in [2.05, 4.69) is 16.4 Å². The van der Waals surface area contributed by atoms with E-state index in [-0.39, 0.29) is 6.03 Å². The number of hydrogen-bond donors (Lipinski definition) is 1.